The number of thiol groups is 1. The third kappa shape index (κ3) is 3.38. The van der Waals surface area contributed by atoms with Crippen molar-refractivity contribution in [3.8, 4) is 11.1 Å². The highest BCUT2D eigenvalue weighted by Crippen LogP contribution is 2.29. The molecule has 2 aromatic carbocycles. The van der Waals surface area contributed by atoms with E-state index < -0.39 is 0 Å². The second kappa shape index (κ2) is 6.24. The average molecular weight is 272 g/mol. The predicted molar refractivity (Wildman–Crippen MR) is 84.7 cm³/mol. The van der Waals surface area contributed by atoms with Gasteiger partial charge in [0.15, 0.2) is 0 Å². The van der Waals surface area contributed by atoms with Gasteiger partial charge in [0.2, 0.25) is 0 Å². The van der Waals surface area contributed by atoms with Gasteiger partial charge in [-0.1, -0.05) is 35.9 Å². The summed E-state index contributed by atoms with van der Waals surface area (Å²) >= 11 is 4.54. The highest BCUT2D eigenvalue weighted by atomic mass is 32.1. The molecule has 1 unspecified atom stereocenters. The summed E-state index contributed by atoms with van der Waals surface area (Å²) in [5, 5.41) is 3.11. The molecule has 0 radical (unpaired) electrons. The number of nitrogens with one attached hydrogen (secondary N) is 1. The van der Waals surface area contributed by atoms with Crippen molar-refractivity contribution in [1.82, 2.24) is 5.32 Å². The molecule has 2 rings (SSSR count). The fourth-order valence-corrected chi connectivity index (χ4v) is 2.42. The molecular formula is C16H20N2S. The molecule has 0 bridgehead atoms. The lowest BCUT2D eigenvalue weighted by molar-refractivity contribution is 0.653. The Morgan fingerprint density at radius 3 is 2.74 bits per heavy atom. The zero-order valence-electron chi connectivity index (χ0n) is 11.4. The molecule has 0 aliphatic heterocycles. The van der Waals surface area contributed by atoms with Crippen LogP contribution in [0.15, 0.2) is 47.4 Å². The molecule has 0 spiro atoms. The highest BCUT2D eigenvalue weighted by molar-refractivity contribution is 7.80. The molecule has 2 aromatic rings. The molecule has 0 saturated carbocycles. The van der Waals surface area contributed by atoms with Crippen LogP contribution in [0.1, 0.15) is 17.2 Å². The van der Waals surface area contributed by atoms with E-state index in [-0.39, 0.29) is 6.04 Å². The van der Waals surface area contributed by atoms with E-state index in [0.29, 0.717) is 0 Å². The molecule has 0 aromatic heterocycles. The van der Waals surface area contributed by atoms with E-state index in [2.05, 4.69) is 61.3 Å². The highest BCUT2D eigenvalue weighted by Gasteiger charge is 2.08. The monoisotopic (exact) mass is 272 g/mol. The second-order valence-electron chi connectivity index (χ2n) is 4.81. The van der Waals surface area contributed by atoms with Crippen molar-refractivity contribution in [2.45, 2.75) is 17.9 Å². The molecule has 0 fully saturated rings. The molecule has 0 aliphatic rings. The van der Waals surface area contributed by atoms with Gasteiger partial charge in [0.1, 0.15) is 0 Å². The summed E-state index contributed by atoms with van der Waals surface area (Å²) in [5.74, 6) is 0. The van der Waals surface area contributed by atoms with Gasteiger partial charge in [-0.25, -0.2) is 0 Å². The first-order valence-electron chi connectivity index (χ1n) is 6.42. The predicted octanol–water partition coefficient (Wildman–Crippen LogP) is 3.17. The Morgan fingerprint density at radius 2 is 2.00 bits per heavy atom. The lowest BCUT2D eigenvalue weighted by Crippen LogP contribution is -2.23. The topological polar surface area (TPSA) is 38.0 Å². The summed E-state index contributed by atoms with van der Waals surface area (Å²) in [7, 11) is 1.91. The van der Waals surface area contributed by atoms with Crippen LogP contribution in [-0.4, -0.2) is 13.6 Å². The van der Waals surface area contributed by atoms with Gasteiger partial charge in [-0.3, -0.25) is 0 Å². The van der Waals surface area contributed by atoms with Crippen molar-refractivity contribution in [3.63, 3.8) is 0 Å². The smallest absolute Gasteiger partial charge is 0.0421 e. The maximum Gasteiger partial charge on any atom is 0.0421 e. The van der Waals surface area contributed by atoms with Crippen LogP contribution in [0.3, 0.4) is 0 Å². The minimum atomic E-state index is 0.0122. The molecule has 3 heteroatoms. The van der Waals surface area contributed by atoms with Crippen LogP contribution in [0, 0.1) is 6.92 Å². The van der Waals surface area contributed by atoms with Crippen molar-refractivity contribution in [1.29, 1.82) is 0 Å². The van der Waals surface area contributed by atoms with Crippen molar-refractivity contribution < 1.29 is 0 Å². The molecule has 0 aliphatic carbocycles. The van der Waals surface area contributed by atoms with Gasteiger partial charge in [-0.15, -0.1) is 12.6 Å². The summed E-state index contributed by atoms with van der Waals surface area (Å²) in [4.78, 5) is 0.991. The maximum atomic E-state index is 6.14. The van der Waals surface area contributed by atoms with Crippen LogP contribution in [-0.2, 0) is 0 Å². The summed E-state index contributed by atoms with van der Waals surface area (Å²) in [5.41, 5.74) is 10.8. The van der Waals surface area contributed by atoms with Crippen LogP contribution in [0.2, 0.25) is 0 Å². The molecule has 3 N–H and O–H groups in total. The van der Waals surface area contributed by atoms with Gasteiger partial charge in [-0.05, 0) is 42.8 Å². The number of likely N-dealkylation sites (N-methyl/N-ethyl adjacent to an activating group) is 1. The van der Waals surface area contributed by atoms with E-state index >= 15 is 0 Å². The van der Waals surface area contributed by atoms with Gasteiger partial charge in [0, 0.05) is 17.5 Å². The Labute approximate surface area is 120 Å². The third-order valence-electron chi connectivity index (χ3n) is 3.20. The Morgan fingerprint density at radius 1 is 1.21 bits per heavy atom. The Bertz CT molecular complexity index is 566. The zero-order valence-corrected chi connectivity index (χ0v) is 12.2. The first kappa shape index (κ1) is 14.1. The molecule has 0 saturated heterocycles. The van der Waals surface area contributed by atoms with E-state index in [1.807, 2.05) is 13.1 Å². The van der Waals surface area contributed by atoms with E-state index in [1.165, 1.54) is 5.56 Å². The van der Waals surface area contributed by atoms with Gasteiger partial charge in [0.25, 0.3) is 0 Å². The lowest BCUT2D eigenvalue weighted by atomic mass is 9.98. The van der Waals surface area contributed by atoms with Crippen LogP contribution in [0.25, 0.3) is 11.1 Å². The zero-order chi connectivity index (χ0) is 13.8. The van der Waals surface area contributed by atoms with E-state index in [9.17, 15) is 0 Å². The van der Waals surface area contributed by atoms with E-state index in [0.717, 1.165) is 28.1 Å². The number of aryl methyl sites for hydroxylation is 1. The lowest BCUT2D eigenvalue weighted by Gasteiger charge is -2.14. The second-order valence-corrected chi connectivity index (χ2v) is 5.29. The fourth-order valence-electron chi connectivity index (χ4n) is 2.16. The summed E-state index contributed by atoms with van der Waals surface area (Å²) in [6, 6.07) is 14.6. The molecule has 0 amide bonds. The summed E-state index contributed by atoms with van der Waals surface area (Å²) in [6.07, 6.45) is 0. The molecule has 1 atom stereocenters. The normalized spacial score (nSPS) is 12.4. The average Bonchev–Trinajstić information content (AvgIpc) is 2.42. The number of rotatable bonds is 4. The van der Waals surface area contributed by atoms with Crippen LogP contribution < -0.4 is 11.1 Å². The fraction of sp³-hybridized carbons (Fsp3) is 0.250. The minimum absolute atomic E-state index is 0.0122. The van der Waals surface area contributed by atoms with Crippen LogP contribution in [0.5, 0.6) is 0 Å². The minimum Gasteiger partial charge on any atom is -0.323 e. The quantitative estimate of drug-likeness (QED) is 0.748. The largest absolute Gasteiger partial charge is 0.323 e. The van der Waals surface area contributed by atoms with Gasteiger partial charge >= 0.3 is 0 Å². The van der Waals surface area contributed by atoms with E-state index in [1.54, 1.807) is 0 Å². The van der Waals surface area contributed by atoms with Gasteiger partial charge in [0.05, 0.1) is 0 Å². The molecule has 0 heterocycles. The SMILES string of the molecule is CNCC(N)c1cccc(-c2cc(C)ccc2S)c1. The maximum absolute atomic E-state index is 6.14. The molecule has 2 nitrogen and oxygen atoms in total. The molecule has 100 valence electrons. The van der Waals surface area contributed by atoms with Crippen LogP contribution >= 0.6 is 12.6 Å². The van der Waals surface area contributed by atoms with Crippen LogP contribution in [0.4, 0.5) is 0 Å². The number of hydrogen-bond acceptors (Lipinski definition) is 3. The standard InChI is InChI=1S/C16H20N2S/c1-11-6-7-16(19)14(8-11)12-4-3-5-13(9-12)15(17)10-18-2/h3-9,15,18-19H,10,17H2,1-2H3. The summed E-state index contributed by atoms with van der Waals surface area (Å²) < 4.78 is 0. The Kier molecular flexibility index (Phi) is 4.64. The van der Waals surface area contributed by atoms with Crippen molar-refractivity contribution in [2.24, 2.45) is 5.73 Å². The van der Waals surface area contributed by atoms with Gasteiger partial charge < -0.3 is 11.1 Å². The van der Waals surface area contributed by atoms with Crippen molar-refractivity contribution in [2.75, 3.05) is 13.6 Å². The Balaban J connectivity index is 2.40. The van der Waals surface area contributed by atoms with E-state index in [4.69, 9.17) is 5.73 Å². The molecular weight excluding hydrogens is 252 g/mol. The number of benzene rings is 2. The van der Waals surface area contributed by atoms with Crippen molar-refractivity contribution >= 4 is 12.6 Å². The Hall–Kier alpha value is -1.29. The number of hydrogen-bond donors (Lipinski definition) is 3. The molecule has 19 heavy (non-hydrogen) atoms. The third-order valence-corrected chi connectivity index (χ3v) is 3.59. The first-order valence-corrected chi connectivity index (χ1v) is 6.86. The summed E-state index contributed by atoms with van der Waals surface area (Å²) in [6.45, 7) is 2.86. The number of nitrogens with two attached hydrogens (primary N) is 1. The van der Waals surface area contributed by atoms with Crippen molar-refractivity contribution in [3.05, 3.63) is 53.6 Å². The first-order chi connectivity index (χ1) is 9.11. The van der Waals surface area contributed by atoms with Gasteiger partial charge in [-0.2, -0.15) is 0 Å².